The zero-order valence-electron chi connectivity index (χ0n) is 9.81. The molecule has 0 amide bonds. The van der Waals surface area contributed by atoms with E-state index in [2.05, 4.69) is 25.9 Å². The molecular weight excluding hydrogens is 170 g/mol. The van der Waals surface area contributed by atoms with Gasteiger partial charge in [-0.3, -0.25) is 0 Å². The summed E-state index contributed by atoms with van der Waals surface area (Å²) < 4.78 is 0. The molecule has 0 aliphatic heterocycles. The van der Waals surface area contributed by atoms with Crippen LogP contribution in [0.25, 0.3) is 0 Å². The second-order valence-corrected chi connectivity index (χ2v) is 4.79. The Labute approximate surface area is 89.0 Å². The zero-order valence-corrected chi connectivity index (χ0v) is 9.81. The van der Waals surface area contributed by atoms with Gasteiger partial charge in [-0.1, -0.05) is 24.8 Å². The van der Waals surface area contributed by atoms with Crippen molar-refractivity contribution < 1.29 is 0 Å². The second kappa shape index (κ2) is 6.23. The van der Waals surface area contributed by atoms with Crippen LogP contribution in [0.1, 0.15) is 51.9 Å². The Kier molecular flexibility index (Phi) is 5.24. The fourth-order valence-electron chi connectivity index (χ4n) is 2.55. The maximum atomic E-state index is 3.98. The van der Waals surface area contributed by atoms with Gasteiger partial charge in [-0.15, -0.1) is 6.58 Å². The first kappa shape index (κ1) is 11.8. The van der Waals surface area contributed by atoms with Gasteiger partial charge >= 0.3 is 0 Å². The third-order valence-electron chi connectivity index (χ3n) is 3.47. The molecule has 1 unspecified atom stereocenters. The Morgan fingerprint density at radius 3 is 2.50 bits per heavy atom. The molecule has 1 atom stereocenters. The van der Waals surface area contributed by atoms with Crippen LogP contribution < -0.4 is 5.32 Å². The third-order valence-corrected chi connectivity index (χ3v) is 3.47. The summed E-state index contributed by atoms with van der Waals surface area (Å²) in [6, 6.07) is 0.729. The molecule has 1 aliphatic carbocycles. The van der Waals surface area contributed by atoms with Crippen molar-refractivity contribution in [3.05, 3.63) is 12.2 Å². The maximum absolute atomic E-state index is 3.98. The van der Waals surface area contributed by atoms with E-state index in [9.17, 15) is 0 Å². The van der Waals surface area contributed by atoms with Crippen molar-refractivity contribution in [1.82, 2.24) is 5.32 Å². The van der Waals surface area contributed by atoms with Crippen molar-refractivity contribution in [3.63, 3.8) is 0 Å². The van der Waals surface area contributed by atoms with E-state index in [0.717, 1.165) is 12.0 Å². The number of hydrogen-bond donors (Lipinski definition) is 1. The summed E-state index contributed by atoms with van der Waals surface area (Å²) in [5, 5.41) is 3.49. The van der Waals surface area contributed by atoms with Crippen LogP contribution in [0.4, 0.5) is 0 Å². The first-order valence-corrected chi connectivity index (χ1v) is 6.05. The van der Waals surface area contributed by atoms with Gasteiger partial charge in [0.2, 0.25) is 0 Å². The van der Waals surface area contributed by atoms with E-state index < -0.39 is 0 Å². The van der Waals surface area contributed by atoms with Crippen LogP contribution in [0, 0.1) is 5.92 Å². The molecule has 1 fully saturated rings. The van der Waals surface area contributed by atoms with E-state index in [1.807, 2.05) is 0 Å². The highest BCUT2D eigenvalue weighted by atomic mass is 14.9. The van der Waals surface area contributed by atoms with Crippen LogP contribution in [0.15, 0.2) is 12.2 Å². The van der Waals surface area contributed by atoms with Gasteiger partial charge in [0.15, 0.2) is 0 Å². The van der Waals surface area contributed by atoms with Crippen LogP contribution in [0.3, 0.4) is 0 Å². The van der Waals surface area contributed by atoms with Gasteiger partial charge < -0.3 is 5.32 Å². The quantitative estimate of drug-likeness (QED) is 0.662. The number of nitrogens with one attached hydrogen (secondary N) is 1. The van der Waals surface area contributed by atoms with Crippen molar-refractivity contribution in [2.24, 2.45) is 5.92 Å². The Hall–Kier alpha value is -0.300. The molecule has 1 rings (SSSR count). The van der Waals surface area contributed by atoms with E-state index in [1.165, 1.54) is 50.5 Å². The highest BCUT2D eigenvalue weighted by molar-refractivity contribution is 4.90. The van der Waals surface area contributed by atoms with Gasteiger partial charge in [0.05, 0.1) is 0 Å². The molecule has 0 saturated heterocycles. The maximum Gasteiger partial charge on any atom is 0.00953 e. The lowest BCUT2D eigenvalue weighted by molar-refractivity contribution is 0.268. The molecule has 1 saturated carbocycles. The molecular formula is C13H25N. The molecule has 82 valence electrons. The molecule has 0 heterocycles. The van der Waals surface area contributed by atoms with Crippen molar-refractivity contribution in [3.8, 4) is 0 Å². The number of allylic oxidation sites excluding steroid dienone is 1. The first-order chi connectivity index (χ1) is 6.74. The zero-order chi connectivity index (χ0) is 10.4. The fourth-order valence-corrected chi connectivity index (χ4v) is 2.55. The van der Waals surface area contributed by atoms with E-state index in [1.54, 1.807) is 0 Å². The van der Waals surface area contributed by atoms with Crippen molar-refractivity contribution in [2.45, 2.75) is 57.9 Å². The summed E-state index contributed by atoms with van der Waals surface area (Å²) in [6.07, 6.45) is 9.65. The molecule has 0 aromatic rings. The molecule has 1 N–H and O–H groups in total. The van der Waals surface area contributed by atoms with Gasteiger partial charge in [0.25, 0.3) is 0 Å². The number of rotatable bonds is 5. The van der Waals surface area contributed by atoms with Gasteiger partial charge in [0, 0.05) is 6.04 Å². The van der Waals surface area contributed by atoms with Gasteiger partial charge in [-0.05, 0) is 45.6 Å². The van der Waals surface area contributed by atoms with Crippen LogP contribution >= 0.6 is 0 Å². The minimum Gasteiger partial charge on any atom is -0.317 e. The smallest absolute Gasteiger partial charge is 0.00953 e. The normalized spacial score (nSPS) is 20.7. The van der Waals surface area contributed by atoms with Crippen molar-refractivity contribution in [2.75, 3.05) is 7.05 Å². The topological polar surface area (TPSA) is 12.0 Å². The average molecular weight is 195 g/mol. The van der Waals surface area contributed by atoms with Crippen LogP contribution in [0.5, 0.6) is 0 Å². The van der Waals surface area contributed by atoms with Crippen molar-refractivity contribution in [1.29, 1.82) is 0 Å². The minimum atomic E-state index is 0.729. The molecule has 0 aromatic heterocycles. The molecule has 14 heavy (non-hydrogen) atoms. The first-order valence-electron chi connectivity index (χ1n) is 6.05. The summed E-state index contributed by atoms with van der Waals surface area (Å²) in [7, 11) is 2.11. The van der Waals surface area contributed by atoms with E-state index in [4.69, 9.17) is 0 Å². The molecule has 1 heteroatoms. The highest BCUT2D eigenvalue weighted by Gasteiger charge is 2.21. The largest absolute Gasteiger partial charge is 0.317 e. The Morgan fingerprint density at radius 2 is 2.00 bits per heavy atom. The summed E-state index contributed by atoms with van der Waals surface area (Å²) in [6.45, 7) is 6.11. The van der Waals surface area contributed by atoms with E-state index >= 15 is 0 Å². The predicted octanol–water partition coefficient (Wildman–Crippen LogP) is 3.51. The standard InChI is InChI=1S/C13H25N/c1-11(2)9-10-13(14-3)12-7-5-4-6-8-12/h12-14H,1,4-10H2,2-3H3. The Morgan fingerprint density at radius 1 is 1.36 bits per heavy atom. The lowest BCUT2D eigenvalue weighted by Crippen LogP contribution is -2.34. The SMILES string of the molecule is C=C(C)CCC(NC)C1CCCCC1. The van der Waals surface area contributed by atoms with E-state index in [-0.39, 0.29) is 0 Å². The Bertz CT molecular complexity index is 168. The minimum absolute atomic E-state index is 0.729. The molecule has 0 bridgehead atoms. The van der Waals surface area contributed by atoms with Crippen LogP contribution in [-0.4, -0.2) is 13.1 Å². The lowest BCUT2D eigenvalue weighted by Gasteiger charge is -2.30. The van der Waals surface area contributed by atoms with Gasteiger partial charge in [0.1, 0.15) is 0 Å². The monoisotopic (exact) mass is 195 g/mol. The summed E-state index contributed by atoms with van der Waals surface area (Å²) in [4.78, 5) is 0. The van der Waals surface area contributed by atoms with Crippen LogP contribution in [-0.2, 0) is 0 Å². The fraction of sp³-hybridized carbons (Fsp3) is 0.846. The summed E-state index contributed by atoms with van der Waals surface area (Å²) >= 11 is 0. The third kappa shape index (κ3) is 3.83. The van der Waals surface area contributed by atoms with Crippen molar-refractivity contribution >= 4 is 0 Å². The van der Waals surface area contributed by atoms with E-state index in [0.29, 0.717) is 0 Å². The second-order valence-electron chi connectivity index (χ2n) is 4.79. The summed E-state index contributed by atoms with van der Waals surface area (Å²) in [5.41, 5.74) is 1.32. The lowest BCUT2D eigenvalue weighted by atomic mass is 9.82. The molecule has 0 radical (unpaired) electrons. The highest BCUT2D eigenvalue weighted by Crippen LogP contribution is 2.28. The predicted molar refractivity (Wildman–Crippen MR) is 63.5 cm³/mol. The summed E-state index contributed by atoms with van der Waals surface area (Å²) in [5.74, 6) is 0.924. The molecule has 1 nitrogen and oxygen atoms in total. The molecule has 0 spiro atoms. The number of hydrogen-bond acceptors (Lipinski definition) is 1. The van der Waals surface area contributed by atoms with Gasteiger partial charge in [-0.2, -0.15) is 0 Å². The van der Waals surface area contributed by atoms with Gasteiger partial charge in [-0.25, -0.2) is 0 Å². The average Bonchev–Trinajstić information content (AvgIpc) is 2.20. The van der Waals surface area contributed by atoms with Crippen LogP contribution in [0.2, 0.25) is 0 Å². The Balaban J connectivity index is 2.31. The molecule has 1 aliphatic rings. The molecule has 0 aromatic carbocycles.